The SMILES string of the molecule is CCSc1ccc(O)c2c1nc(-c1ccc(C(C)C)cc1)n2CCOC. The zero-order valence-corrected chi connectivity index (χ0v) is 16.6. The van der Waals surface area contributed by atoms with Gasteiger partial charge in [0.15, 0.2) is 0 Å². The molecule has 5 heteroatoms. The lowest BCUT2D eigenvalue weighted by Gasteiger charge is -2.11. The minimum atomic E-state index is 0.258. The molecule has 0 aliphatic heterocycles. The zero-order chi connectivity index (χ0) is 18.7. The number of methoxy groups -OCH3 is 1. The van der Waals surface area contributed by atoms with E-state index < -0.39 is 0 Å². The molecular formula is C21H26N2O2S. The predicted octanol–water partition coefficient (Wildman–Crippen LogP) is 5.29. The van der Waals surface area contributed by atoms with Gasteiger partial charge in [-0.15, -0.1) is 11.8 Å². The maximum atomic E-state index is 10.5. The van der Waals surface area contributed by atoms with Gasteiger partial charge in [0.25, 0.3) is 0 Å². The summed E-state index contributed by atoms with van der Waals surface area (Å²) < 4.78 is 7.36. The van der Waals surface area contributed by atoms with E-state index in [-0.39, 0.29) is 5.75 Å². The van der Waals surface area contributed by atoms with Gasteiger partial charge in [-0.05, 0) is 29.4 Å². The van der Waals surface area contributed by atoms with Crippen LogP contribution >= 0.6 is 11.8 Å². The van der Waals surface area contributed by atoms with E-state index in [0.717, 1.165) is 33.1 Å². The van der Waals surface area contributed by atoms with Gasteiger partial charge in [-0.2, -0.15) is 0 Å². The molecule has 26 heavy (non-hydrogen) atoms. The zero-order valence-electron chi connectivity index (χ0n) is 15.8. The molecule has 0 radical (unpaired) electrons. The monoisotopic (exact) mass is 370 g/mol. The molecule has 3 aromatic rings. The van der Waals surface area contributed by atoms with E-state index in [4.69, 9.17) is 9.72 Å². The number of hydrogen-bond acceptors (Lipinski definition) is 4. The number of aromatic nitrogens is 2. The van der Waals surface area contributed by atoms with Crippen LogP contribution in [0, 0.1) is 0 Å². The normalized spacial score (nSPS) is 11.6. The van der Waals surface area contributed by atoms with Crippen molar-refractivity contribution in [2.45, 2.75) is 38.1 Å². The third-order valence-electron chi connectivity index (χ3n) is 4.49. The van der Waals surface area contributed by atoms with Crippen LogP contribution in [0.25, 0.3) is 22.4 Å². The van der Waals surface area contributed by atoms with Crippen molar-refractivity contribution in [1.29, 1.82) is 0 Å². The van der Waals surface area contributed by atoms with Crippen molar-refractivity contribution < 1.29 is 9.84 Å². The predicted molar refractivity (Wildman–Crippen MR) is 109 cm³/mol. The first-order valence-corrected chi connectivity index (χ1v) is 9.99. The van der Waals surface area contributed by atoms with Crippen LogP contribution in [0.2, 0.25) is 0 Å². The molecule has 0 spiro atoms. The number of phenolic OH excluding ortho intramolecular Hbond substituents is 1. The van der Waals surface area contributed by atoms with Gasteiger partial charge in [0.1, 0.15) is 22.6 Å². The van der Waals surface area contributed by atoms with E-state index in [1.807, 2.05) is 6.07 Å². The Morgan fingerprint density at radius 1 is 1.15 bits per heavy atom. The van der Waals surface area contributed by atoms with Gasteiger partial charge in [0, 0.05) is 24.1 Å². The number of hydrogen-bond donors (Lipinski definition) is 1. The number of aromatic hydroxyl groups is 1. The van der Waals surface area contributed by atoms with Crippen molar-refractivity contribution in [2.75, 3.05) is 19.5 Å². The fourth-order valence-electron chi connectivity index (χ4n) is 3.11. The highest BCUT2D eigenvalue weighted by Crippen LogP contribution is 2.36. The molecule has 0 saturated carbocycles. The van der Waals surface area contributed by atoms with Crippen LogP contribution in [0.1, 0.15) is 32.3 Å². The maximum absolute atomic E-state index is 10.5. The van der Waals surface area contributed by atoms with E-state index in [0.29, 0.717) is 19.1 Å². The Morgan fingerprint density at radius 3 is 2.50 bits per heavy atom. The number of phenols is 1. The molecule has 2 aromatic carbocycles. The summed E-state index contributed by atoms with van der Waals surface area (Å²) in [6.45, 7) is 7.70. The molecule has 1 N–H and O–H groups in total. The van der Waals surface area contributed by atoms with Crippen molar-refractivity contribution >= 4 is 22.8 Å². The Hall–Kier alpha value is -1.98. The smallest absolute Gasteiger partial charge is 0.141 e. The lowest BCUT2D eigenvalue weighted by molar-refractivity contribution is 0.188. The summed E-state index contributed by atoms with van der Waals surface area (Å²) in [6, 6.07) is 12.2. The second-order valence-corrected chi connectivity index (χ2v) is 7.88. The number of thioether (sulfide) groups is 1. The molecule has 0 amide bonds. The molecule has 0 bridgehead atoms. The lowest BCUT2D eigenvalue weighted by atomic mass is 10.0. The van der Waals surface area contributed by atoms with Crippen molar-refractivity contribution in [1.82, 2.24) is 9.55 Å². The highest BCUT2D eigenvalue weighted by atomic mass is 32.2. The molecule has 3 rings (SSSR count). The third kappa shape index (κ3) is 3.60. The largest absolute Gasteiger partial charge is 0.506 e. The fraction of sp³-hybridized carbons (Fsp3) is 0.381. The Morgan fingerprint density at radius 2 is 1.88 bits per heavy atom. The number of nitrogens with zero attached hydrogens (tertiary/aromatic N) is 2. The number of ether oxygens (including phenoxy) is 1. The van der Waals surface area contributed by atoms with Gasteiger partial charge in [-0.25, -0.2) is 4.98 Å². The first-order valence-electron chi connectivity index (χ1n) is 9.01. The van der Waals surface area contributed by atoms with Crippen molar-refractivity contribution in [3.8, 4) is 17.1 Å². The summed E-state index contributed by atoms with van der Waals surface area (Å²) in [7, 11) is 1.69. The van der Waals surface area contributed by atoms with E-state index in [2.05, 4.69) is 49.6 Å². The highest BCUT2D eigenvalue weighted by Gasteiger charge is 2.18. The Bertz CT molecular complexity index is 885. The van der Waals surface area contributed by atoms with Crippen molar-refractivity contribution in [3.63, 3.8) is 0 Å². The standard InChI is InChI=1S/C21H26N2O2S/c1-5-26-18-11-10-17(24)20-19(18)22-21(23(20)12-13-25-4)16-8-6-15(7-9-16)14(2)3/h6-11,14,24H,5,12-13H2,1-4H3. The minimum Gasteiger partial charge on any atom is -0.506 e. The fourth-order valence-corrected chi connectivity index (χ4v) is 3.86. The Balaban J connectivity index is 2.19. The summed E-state index contributed by atoms with van der Waals surface area (Å²) in [5.41, 5.74) is 3.99. The van der Waals surface area contributed by atoms with Crippen LogP contribution in [0.5, 0.6) is 5.75 Å². The minimum absolute atomic E-state index is 0.258. The molecule has 0 aliphatic carbocycles. The molecule has 0 saturated heterocycles. The second kappa shape index (κ2) is 8.14. The molecule has 0 aliphatic rings. The van der Waals surface area contributed by atoms with E-state index in [1.54, 1.807) is 24.9 Å². The average Bonchev–Trinajstić information content (AvgIpc) is 3.03. The first-order chi connectivity index (χ1) is 12.6. The van der Waals surface area contributed by atoms with Crippen LogP contribution in [-0.2, 0) is 11.3 Å². The first kappa shape index (κ1) is 18.8. The van der Waals surface area contributed by atoms with Gasteiger partial charge in [0.2, 0.25) is 0 Å². The summed E-state index contributed by atoms with van der Waals surface area (Å²) >= 11 is 1.74. The number of benzene rings is 2. The van der Waals surface area contributed by atoms with Gasteiger partial charge in [-0.1, -0.05) is 45.0 Å². The van der Waals surface area contributed by atoms with Crippen molar-refractivity contribution in [3.05, 3.63) is 42.0 Å². The molecule has 1 heterocycles. The number of fused-ring (bicyclic) bond motifs is 1. The number of imidazole rings is 1. The molecular weight excluding hydrogens is 344 g/mol. The summed E-state index contributed by atoms with van der Waals surface area (Å²) in [5.74, 6) is 2.58. The number of rotatable bonds is 7. The van der Waals surface area contributed by atoms with Crippen LogP contribution in [0.15, 0.2) is 41.3 Å². The average molecular weight is 371 g/mol. The Kier molecular flexibility index (Phi) is 5.89. The van der Waals surface area contributed by atoms with Gasteiger partial charge < -0.3 is 14.4 Å². The van der Waals surface area contributed by atoms with Gasteiger partial charge in [0.05, 0.1) is 6.61 Å². The van der Waals surface area contributed by atoms with Gasteiger partial charge in [-0.3, -0.25) is 0 Å². The molecule has 1 aromatic heterocycles. The van der Waals surface area contributed by atoms with Crippen LogP contribution in [0.4, 0.5) is 0 Å². The van der Waals surface area contributed by atoms with E-state index >= 15 is 0 Å². The maximum Gasteiger partial charge on any atom is 0.141 e. The molecule has 0 fully saturated rings. The van der Waals surface area contributed by atoms with Crippen LogP contribution in [-0.4, -0.2) is 34.1 Å². The molecule has 0 unspecified atom stereocenters. The lowest BCUT2D eigenvalue weighted by Crippen LogP contribution is -2.06. The van der Waals surface area contributed by atoms with Crippen LogP contribution in [0.3, 0.4) is 0 Å². The van der Waals surface area contributed by atoms with Crippen LogP contribution < -0.4 is 0 Å². The highest BCUT2D eigenvalue weighted by molar-refractivity contribution is 7.99. The van der Waals surface area contributed by atoms with Gasteiger partial charge >= 0.3 is 0 Å². The third-order valence-corrected chi connectivity index (χ3v) is 5.42. The van der Waals surface area contributed by atoms with Crippen molar-refractivity contribution in [2.24, 2.45) is 0 Å². The quantitative estimate of drug-likeness (QED) is 0.574. The van der Waals surface area contributed by atoms with E-state index in [1.165, 1.54) is 5.56 Å². The summed E-state index contributed by atoms with van der Waals surface area (Å²) in [4.78, 5) is 6.01. The summed E-state index contributed by atoms with van der Waals surface area (Å²) in [5, 5.41) is 10.5. The van der Waals surface area contributed by atoms with E-state index in [9.17, 15) is 5.11 Å². The second-order valence-electron chi connectivity index (χ2n) is 6.57. The molecule has 4 nitrogen and oxygen atoms in total. The Labute approximate surface area is 159 Å². The summed E-state index contributed by atoms with van der Waals surface area (Å²) in [6.07, 6.45) is 0. The molecule has 138 valence electrons. The molecule has 0 atom stereocenters. The topological polar surface area (TPSA) is 47.3 Å².